The van der Waals surface area contributed by atoms with Gasteiger partial charge in [0.05, 0.1) is 6.04 Å². The molecule has 5 nitrogen and oxygen atoms in total. The molecule has 0 fully saturated rings. The van der Waals surface area contributed by atoms with Crippen molar-refractivity contribution >= 4 is 23.5 Å². The lowest BCUT2D eigenvalue weighted by atomic mass is 10.1. The molecule has 27 heavy (non-hydrogen) atoms. The number of aliphatic imine (C=N–C) groups is 1. The lowest BCUT2D eigenvalue weighted by Crippen LogP contribution is -2.40. The summed E-state index contributed by atoms with van der Waals surface area (Å²) in [4.78, 5) is 17.9. The first-order valence-electron chi connectivity index (χ1n) is 9.00. The molecule has 1 unspecified atom stereocenters. The summed E-state index contributed by atoms with van der Waals surface area (Å²) in [6.45, 7) is 2.82. The van der Waals surface area contributed by atoms with Crippen LogP contribution in [0.1, 0.15) is 24.1 Å². The third-order valence-electron chi connectivity index (χ3n) is 4.17. The highest BCUT2D eigenvalue weighted by Crippen LogP contribution is 2.15. The number of halogens is 1. The fraction of sp³-hybridized carbons (Fsp3) is 0.333. The number of benzene rings is 2. The second-order valence-electron chi connectivity index (χ2n) is 6.50. The van der Waals surface area contributed by atoms with E-state index in [0.717, 1.165) is 22.6 Å². The van der Waals surface area contributed by atoms with Crippen LogP contribution in [-0.2, 0) is 11.2 Å². The van der Waals surface area contributed by atoms with Crippen molar-refractivity contribution in [3.63, 3.8) is 0 Å². The van der Waals surface area contributed by atoms with E-state index in [1.807, 2.05) is 42.5 Å². The zero-order valence-corrected chi connectivity index (χ0v) is 16.8. The van der Waals surface area contributed by atoms with E-state index in [-0.39, 0.29) is 18.5 Å². The van der Waals surface area contributed by atoms with Gasteiger partial charge in [0, 0.05) is 25.7 Å². The van der Waals surface area contributed by atoms with Crippen LogP contribution in [0.3, 0.4) is 0 Å². The van der Waals surface area contributed by atoms with Crippen molar-refractivity contribution in [3.05, 3.63) is 70.7 Å². The van der Waals surface area contributed by atoms with Crippen LogP contribution in [0.5, 0.6) is 0 Å². The van der Waals surface area contributed by atoms with Crippen LogP contribution >= 0.6 is 11.6 Å². The molecule has 0 bridgehead atoms. The van der Waals surface area contributed by atoms with Crippen molar-refractivity contribution in [2.75, 3.05) is 27.2 Å². The average Bonchev–Trinajstić information content (AvgIpc) is 2.67. The fourth-order valence-corrected chi connectivity index (χ4v) is 2.72. The molecule has 0 spiro atoms. The van der Waals surface area contributed by atoms with Gasteiger partial charge in [-0.3, -0.25) is 4.79 Å². The molecule has 0 aliphatic heterocycles. The van der Waals surface area contributed by atoms with Crippen LogP contribution in [0.4, 0.5) is 0 Å². The third-order valence-corrected chi connectivity index (χ3v) is 4.54. The minimum atomic E-state index is -0.0467. The lowest BCUT2D eigenvalue weighted by molar-refractivity contribution is -0.127. The van der Waals surface area contributed by atoms with E-state index in [0.29, 0.717) is 12.5 Å². The van der Waals surface area contributed by atoms with E-state index in [1.165, 1.54) is 4.90 Å². The van der Waals surface area contributed by atoms with Gasteiger partial charge in [-0.2, -0.15) is 0 Å². The minimum Gasteiger partial charge on any atom is -0.356 e. The topological polar surface area (TPSA) is 56.7 Å². The van der Waals surface area contributed by atoms with Gasteiger partial charge in [0.15, 0.2) is 5.96 Å². The minimum absolute atomic E-state index is 0.0467. The number of likely N-dealkylation sites (N-methyl/N-ethyl adjacent to an activating group) is 1. The SMILES string of the molecule is CC(NC(=NCC(=O)N(C)C)NCCc1ccccc1Cl)c1ccccc1. The Morgan fingerprint density at radius 1 is 1.11 bits per heavy atom. The summed E-state index contributed by atoms with van der Waals surface area (Å²) in [5.74, 6) is 0.558. The second kappa shape index (κ2) is 10.6. The van der Waals surface area contributed by atoms with Gasteiger partial charge in [-0.25, -0.2) is 4.99 Å². The number of hydrogen-bond donors (Lipinski definition) is 2. The van der Waals surface area contributed by atoms with Crippen molar-refractivity contribution in [1.29, 1.82) is 0 Å². The van der Waals surface area contributed by atoms with Crippen LogP contribution in [-0.4, -0.2) is 44.0 Å². The number of amides is 1. The molecule has 0 aromatic heterocycles. The summed E-state index contributed by atoms with van der Waals surface area (Å²) < 4.78 is 0. The van der Waals surface area contributed by atoms with Crippen molar-refractivity contribution < 1.29 is 4.79 Å². The first-order valence-corrected chi connectivity index (χ1v) is 9.38. The molecule has 2 aromatic rings. The molecular formula is C21H27ClN4O. The summed E-state index contributed by atoms with van der Waals surface area (Å²) in [7, 11) is 3.45. The van der Waals surface area contributed by atoms with Gasteiger partial charge in [0.1, 0.15) is 6.54 Å². The molecule has 6 heteroatoms. The molecule has 2 aromatic carbocycles. The van der Waals surface area contributed by atoms with Gasteiger partial charge in [-0.1, -0.05) is 60.1 Å². The predicted molar refractivity (Wildman–Crippen MR) is 112 cm³/mol. The molecule has 1 amide bonds. The van der Waals surface area contributed by atoms with Crippen LogP contribution in [0.15, 0.2) is 59.6 Å². The molecule has 144 valence electrons. The predicted octanol–water partition coefficient (Wildman–Crippen LogP) is 3.27. The zero-order valence-electron chi connectivity index (χ0n) is 16.1. The van der Waals surface area contributed by atoms with E-state index in [9.17, 15) is 4.79 Å². The maximum atomic E-state index is 11.9. The Labute approximate surface area is 166 Å². The summed E-state index contributed by atoms with van der Waals surface area (Å²) >= 11 is 6.22. The molecule has 0 saturated heterocycles. The Hall–Kier alpha value is -2.53. The lowest BCUT2D eigenvalue weighted by Gasteiger charge is -2.19. The van der Waals surface area contributed by atoms with Crippen molar-refractivity contribution in [2.45, 2.75) is 19.4 Å². The molecule has 0 heterocycles. The van der Waals surface area contributed by atoms with Gasteiger partial charge in [-0.05, 0) is 30.5 Å². The number of guanidine groups is 1. The number of carbonyl (C=O) groups excluding carboxylic acids is 1. The van der Waals surface area contributed by atoms with E-state index in [1.54, 1.807) is 14.1 Å². The zero-order chi connectivity index (χ0) is 19.6. The second-order valence-corrected chi connectivity index (χ2v) is 6.91. The third kappa shape index (κ3) is 6.94. The molecule has 0 aliphatic rings. The Bertz CT molecular complexity index is 762. The van der Waals surface area contributed by atoms with Gasteiger partial charge in [0.2, 0.25) is 5.91 Å². The maximum absolute atomic E-state index is 11.9. The van der Waals surface area contributed by atoms with E-state index in [2.05, 4.69) is 34.7 Å². The Balaban J connectivity index is 2.01. The Morgan fingerprint density at radius 2 is 1.78 bits per heavy atom. The van der Waals surface area contributed by atoms with Crippen molar-refractivity contribution in [1.82, 2.24) is 15.5 Å². The van der Waals surface area contributed by atoms with Crippen LogP contribution in [0.25, 0.3) is 0 Å². The monoisotopic (exact) mass is 386 g/mol. The van der Waals surface area contributed by atoms with E-state index >= 15 is 0 Å². The highest BCUT2D eigenvalue weighted by atomic mass is 35.5. The average molecular weight is 387 g/mol. The van der Waals surface area contributed by atoms with Crippen LogP contribution < -0.4 is 10.6 Å². The van der Waals surface area contributed by atoms with E-state index in [4.69, 9.17) is 11.6 Å². The quantitative estimate of drug-likeness (QED) is 0.567. The highest BCUT2D eigenvalue weighted by molar-refractivity contribution is 6.31. The van der Waals surface area contributed by atoms with Gasteiger partial charge >= 0.3 is 0 Å². The Kier molecular flexibility index (Phi) is 8.14. The fourth-order valence-electron chi connectivity index (χ4n) is 2.49. The van der Waals surface area contributed by atoms with Crippen molar-refractivity contribution in [3.8, 4) is 0 Å². The van der Waals surface area contributed by atoms with Gasteiger partial charge < -0.3 is 15.5 Å². The van der Waals surface area contributed by atoms with Crippen LogP contribution in [0, 0.1) is 0 Å². The number of rotatable bonds is 7. The molecule has 0 aliphatic carbocycles. The van der Waals surface area contributed by atoms with Gasteiger partial charge in [-0.15, -0.1) is 0 Å². The molecule has 1 atom stereocenters. The molecule has 0 radical (unpaired) electrons. The van der Waals surface area contributed by atoms with Gasteiger partial charge in [0.25, 0.3) is 0 Å². The normalized spacial score (nSPS) is 12.4. The Morgan fingerprint density at radius 3 is 2.44 bits per heavy atom. The summed E-state index contributed by atoms with van der Waals surface area (Å²) in [6.07, 6.45) is 0.766. The highest BCUT2D eigenvalue weighted by Gasteiger charge is 2.09. The summed E-state index contributed by atoms with van der Waals surface area (Å²) in [5, 5.41) is 7.42. The molecular weight excluding hydrogens is 360 g/mol. The summed E-state index contributed by atoms with van der Waals surface area (Å²) in [6, 6.07) is 18.0. The molecule has 0 saturated carbocycles. The standard InChI is InChI=1S/C21H27ClN4O/c1-16(17-9-5-4-6-10-17)25-21(24-15-20(27)26(2)3)23-14-13-18-11-7-8-12-19(18)22/h4-12,16H,13-15H2,1-3H3,(H2,23,24,25). The smallest absolute Gasteiger partial charge is 0.243 e. The van der Waals surface area contributed by atoms with Crippen molar-refractivity contribution in [2.24, 2.45) is 4.99 Å². The number of carbonyl (C=O) groups is 1. The number of nitrogens with one attached hydrogen (secondary N) is 2. The summed E-state index contributed by atoms with van der Waals surface area (Å²) in [5.41, 5.74) is 2.23. The molecule has 2 N–H and O–H groups in total. The first kappa shape index (κ1) is 20.8. The van der Waals surface area contributed by atoms with E-state index < -0.39 is 0 Å². The number of nitrogens with zero attached hydrogens (tertiary/aromatic N) is 2. The number of hydrogen-bond acceptors (Lipinski definition) is 2. The maximum Gasteiger partial charge on any atom is 0.243 e. The largest absolute Gasteiger partial charge is 0.356 e. The first-order chi connectivity index (χ1) is 13.0. The van der Waals surface area contributed by atoms with Crippen LogP contribution in [0.2, 0.25) is 5.02 Å². The molecule has 2 rings (SSSR count).